The second-order valence-electron chi connectivity index (χ2n) is 4.61. The van der Waals surface area contributed by atoms with Crippen LogP contribution < -0.4 is 0 Å². The lowest BCUT2D eigenvalue weighted by Crippen LogP contribution is -2.50. The quantitative estimate of drug-likeness (QED) is 0.742. The molecule has 2 rings (SSSR count). The van der Waals surface area contributed by atoms with Crippen LogP contribution in [0.4, 0.5) is 0 Å². The molecule has 4 heteroatoms. The van der Waals surface area contributed by atoms with Gasteiger partial charge in [0.25, 0.3) is 5.91 Å². The van der Waals surface area contributed by atoms with Crippen molar-refractivity contribution in [1.82, 2.24) is 9.88 Å². The van der Waals surface area contributed by atoms with Crippen molar-refractivity contribution in [3.05, 3.63) is 29.6 Å². The highest BCUT2D eigenvalue weighted by atomic mass is 16.5. The number of morpholine rings is 1. The number of pyridine rings is 1. The Morgan fingerprint density at radius 1 is 1.47 bits per heavy atom. The SMILES string of the molecule is Cc1cccc(C(=O)N2CC(C)OCC2C)n1. The first kappa shape index (κ1) is 12.0. The normalized spacial score (nSPS) is 24.8. The first-order valence-corrected chi connectivity index (χ1v) is 5.94. The molecule has 1 amide bonds. The van der Waals surface area contributed by atoms with E-state index in [-0.39, 0.29) is 18.1 Å². The molecule has 2 heterocycles. The van der Waals surface area contributed by atoms with Crippen LogP contribution in [0.3, 0.4) is 0 Å². The third-order valence-electron chi connectivity index (χ3n) is 2.98. The van der Waals surface area contributed by atoms with E-state index in [1.165, 1.54) is 0 Å². The van der Waals surface area contributed by atoms with Crippen LogP contribution in [0, 0.1) is 6.92 Å². The van der Waals surface area contributed by atoms with E-state index in [4.69, 9.17) is 4.74 Å². The Morgan fingerprint density at radius 2 is 2.24 bits per heavy atom. The highest BCUT2D eigenvalue weighted by molar-refractivity contribution is 5.92. The molecular weight excluding hydrogens is 216 g/mol. The number of rotatable bonds is 1. The molecule has 0 bridgehead atoms. The van der Waals surface area contributed by atoms with Gasteiger partial charge in [0, 0.05) is 12.2 Å². The molecule has 0 aliphatic carbocycles. The maximum absolute atomic E-state index is 12.3. The van der Waals surface area contributed by atoms with E-state index in [2.05, 4.69) is 4.98 Å². The number of hydrogen-bond acceptors (Lipinski definition) is 3. The summed E-state index contributed by atoms with van der Waals surface area (Å²) in [4.78, 5) is 18.4. The smallest absolute Gasteiger partial charge is 0.272 e. The van der Waals surface area contributed by atoms with Gasteiger partial charge < -0.3 is 9.64 Å². The van der Waals surface area contributed by atoms with Crippen molar-refractivity contribution in [2.24, 2.45) is 0 Å². The zero-order chi connectivity index (χ0) is 12.4. The molecule has 1 aliphatic rings. The fourth-order valence-corrected chi connectivity index (χ4v) is 2.00. The van der Waals surface area contributed by atoms with Crippen LogP contribution in [0.15, 0.2) is 18.2 Å². The lowest BCUT2D eigenvalue weighted by Gasteiger charge is -2.36. The molecule has 1 fully saturated rings. The topological polar surface area (TPSA) is 42.4 Å². The number of ether oxygens (including phenoxy) is 1. The van der Waals surface area contributed by atoms with Gasteiger partial charge in [0.15, 0.2) is 0 Å². The van der Waals surface area contributed by atoms with Gasteiger partial charge in [-0.25, -0.2) is 4.98 Å². The van der Waals surface area contributed by atoms with Gasteiger partial charge in [-0.3, -0.25) is 4.79 Å². The molecule has 0 aromatic carbocycles. The van der Waals surface area contributed by atoms with Gasteiger partial charge in [0.05, 0.1) is 18.8 Å². The molecule has 4 nitrogen and oxygen atoms in total. The summed E-state index contributed by atoms with van der Waals surface area (Å²) >= 11 is 0. The summed E-state index contributed by atoms with van der Waals surface area (Å²) in [6.45, 7) is 7.10. The Bertz CT molecular complexity index is 420. The number of nitrogens with zero attached hydrogens (tertiary/aromatic N) is 2. The minimum Gasteiger partial charge on any atom is -0.375 e. The van der Waals surface area contributed by atoms with E-state index in [1.54, 1.807) is 6.07 Å². The van der Waals surface area contributed by atoms with Crippen LogP contribution in [0.1, 0.15) is 30.0 Å². The Morgan fingerprint density at radius 3 is 2.94 bits per heavy atom. The lowest BCUT2D eigenvalue weighted by atomic mass is 10.2. The van der Waals surface area contributed by atoms with Crippen molar-refractivity contribution < 1.29 is 9.53 Å². The number of carbonyl (C=O) groups excluding carboxylic acids is 1. The van der Waals surface area contributed by atoms with Crippen molar-refractivity contribution in [3.8, 4) is 0 Å². The number of carbonyl (C=O) groups is 1. The fourth-order valence-electron chi connectivity index (χ4n) is 2.00. The molecule has 0 radical (unpaired) electrons. The summed E-state index contributed by atoms with van der Waals surface area (Å²) in [5.41, 5.74) is 1.38. The highest BCUT2D eigenvalue weighted by Crippen LogP contribution is 2.14. The van der Waals surface area contributed by atoms with E-state index in [0.29, 0.717) is 18.8 Å². The first-order chi connectivity index (χ1) is 8.08. The molecular formula is C13H18N2O2. The molecule has 0 N–H and O–H groups in total. The summed E-state index contributed by atoms with van der Waals surface area (Å²) in [6, 6.07) is 5.63. The third kappa shape index (κ3) is 2.64. The second kappa shape index (κ2) is 4.84. The highest BCUT2D eigenvalue weighted by Gasteiger charge is 2.28. The Labute approximate surface area is 102 Å². The van der Waals surface area contributed by atoms with Crippen LogP contribution in [0.5, 0.6) is 0 Å². The zero-order valence-electron chi connectivity index (χ0n) is 10.5. The largest absolute Gasteiger partial charge is 0.375 e. The van der Waals surface area contributed by atoms with Crippen LogP contribution >= 0.6 is 0 Å². The average molecular weight is 234 g/mol. The van der Waals surface area contributed by atoms with Crippen molar-refractivity contribution in [2.45, 2.75) is 32.9 Å². The Balaban J connectivity index is 2.18. The summed E-state index contributed by atoms with van der Waals surface area (Å²) in [5.74, 6) is -0.00338. The van der Waals surface area contributed by atoms with E-state index in [9.17, 15) is 4.79 Å². The number of amides is 1. The summed E-state index contributed by atoms with van der Waals surface area (Å²) in [7, 11) is 0. The molecule has 2 unspecified atom stereocenters. The van der Waals surface area contributed by atoms with Crippen LogP contribution in [0.25, 0.3) is 0 Å². The van der Waals surface area contributed by atoms with Gasteiger partial charge in [0.2, 0.25) is 0 Å². The maximum atomic E-state index is 12.3. The van der Waals surface area contributed by atoms with Crippen molar-refractivity contribution in [3.63, 3.8) is 0 Å². The van der Waals surface area contributed by atoms with Gasteiger partial charge in [-0.05, 0) is 32.9 Å². The van der Waals surface area contributed by atoms with E-state index < -0.39 is 0 Å². The molecule has 1 saturated heterocycles. The predicted molar refractivity (Wildman–Crippen MR) is 64.9 cm³/mol. The van der Waals surface area contributed by atoms with Crippen molar-refractivity contribution in [2.75, 3.05) is 13.2 Å². The molecule has 1 aromatic heterocycles. The van der Waals surface area contributed by atoms with E-state index in [1.807, 2.05) is 37.8 Å². The van der Waals surface area contributed by atoms with Gasteiger partial charge in [-0.15, -0.1) is 0 Å². The van der Waals surface area contributed by atoms with Gasteiger partial charge in [0.1, 0.15) is 5.69 Å². The monoisotopic (exact) mass is 234 g/mol. The van der Waals surface area contributed by atoms with Gasteiger partial charge in [-0.2, -0.15) is 0 Å². The minimum absolute atomic E-state index is 0.00338. The molecule has 0 spiro atoms. The first-order valence-electron chi connectivity index (χ1n) is 5.94. The van der Waals surface area contributed by atoms with Crippen molar-refractivity contribution in [1.29, 1.82) is 0 Å². The van der Waals surface area contributed by atoms with Gasteiger partial charge >= 0.3 is 0 Å². The fraction of sp³-hybridized carbons (Fsp3) is 0.538. The lowest BCUT2D eigenvalue weighted by molar-refractivity contribution is -0.0389. The van der Waals surface area contributed by atoms with Crippen LogP contribution in [-0.4, -0.2) is 41.1 Å². The predicted octanol–water partition coefficient (Wildman–Crippen LogP) is 1.64. The third-order valence-corrected chi connectivity index (χ3v) is 2.98. The molecule has 17 heavy (non-hydrogen) atoms. The van der Waals surface area contributed by atoms with Crippen molar-refractivity contribution >= 4 is 5.91 Å². The minimum atomic E-state index is -0.00338. The summed E-state index contributed by atoms with van der Waals surface area (Å²) in [6.07, 6.45) is 0.0972. The Hall–Kier alpha value is -1.42. The number of aryl methyl sites for hydroxylation is 1. The van der Waals surface area contributed by atoms with E-state index in [0.717, 1.165) is 5.69 Å². The molecule has 0 saturated carbocycles. The molecule has 92 valence electrons. The molecule has 1 aliphatic heterocycles. The zero-order valence-corrected chi connectivity index (χ0v) is 10.5. The van der Waals surface area contributed by atoms with Crippen LogP contribution in [0.2, 0.25) is 0 Å². The van der Waals surface area contributed by atoms with Crippen LogP contribution in [-0.2, 0) is 4.74 Å². The summed E-state index contributed by atoms with van der Waals surface area (Å²) < 4.78 is 5.52. The standard InChI is InChI=1S/C13H18N2O2/c1-9-5-4-6-12(14-9)13(16)15-7-11(3)17-8-10(15)2/h4-6,10-11H,7-8H2,1-3H3. The van der Waals surface area contributed by atoms with Gasteiger partial charge in [-0.1, -0.05) is 6.07 Å². The number of aromatic nitrogens is 1. The van der Waals surface area contributed by atoms with E-state index >= 15 is 0 Å². The maximum Gasteiger partial charge on any atom is 0.272 e. The Kier molecular flexibility index (Phi) is 3.43. The molecule has 2 atom stereocenters. The average Bonchev–Trinajstić information content (AvgIpc) is 2.31. The second-order valence-corrected chi connectivity index (χ2v) is 4.61. The number of hydrogen-bond donors (Lipinski definition) is 0. The summed E-state index contributed by atoms with van der Waals surface area (Å²) in [5, 5.41) is 0. The molecule has 1 aromatic rings.